The first-order chi connectivity index (χ1) is 14.1. The number of imidazole rings is 2. The highest BCUT2D eigenvalue weighted by Gasteiger charge is 2.13. The van der Waals surface area contributed by atoms with Crippen LogP contribution in [0.25, 0.3) is 27.9 Å². The molecule has 0 atom stereocenters. The van der Waals surface area contributed by atoms with E-state index in [2.05, 4.69) is 15.0 Å². The number of hydrogen-bond donors (Lipinski definition) is 1. The molecule has 0 amide bonds. The fraction of sp³-hybridized carbons (Fsp3) is 0.0952. The van der Waals surface area contributed by atoms with Crippen LogP contribution in [-0.2, 0) is 6.42 Å². The Bertz CT molecular complexity index is 1360. The van der Waals surface area contributed by atoms with Crippen molar-refractivity contribution in [3.63, 3.8) is 0 Å². The smallest absolute Gasteiger partial charge is 0.215 e. The number of H-pyrrole nitrogens is 1. The lowest BCUT2D eigenvalue weighted by atomic mass is 10.1. The number of fused-ring (bicyclic) bond motifs is 2. The molecule has 0 unspecified atom stereocenters. The summed E-state index contributed by atoms with van der Waals surface area (Å²) in [5.41, 5.74) is 4.44. The minimum Gasteiger partial charge on any atom is -0.497 e. The minimum absolute atomic E-state index is 0.356. The maximum absolute atomic E-state index is 13.3. The molecule has 0 aliphatic rings. The fourth-order valence-electron chi connectivity index (χ4n) is 3.38. The van der Waals surface area contributed by atoms with Gasteiger partial charge in [-0.15, -0.1) is 0 Å². The van der Waals surface area contributed by atoms with Crippen LogP contribution >= 0.6 is 11.6 Å². The van der Waals surface area contributed by atoms with Gasteiger partial charge in [0.1, 0.15) is 17.2 Å². The molecule has 1 N–H and O–H groups in total. The molecule has 0 spiro atoms. The summed E-state index contributed by atoms with van der Waals surface area (Å²) in [5, 5.41) is 0.590. The molecule has 0 aliphatic heterocycles. The van der Waals surface area contributed by atoms with E-state index in [4.69, 9.17) is 21.3 Å². The van der Waals surface area contributed by atoms with Crippen molar-refractivity contribution in [1.29, 1.82) is 0 Å². The summed E-state index contributed by atoms with van der Waals surface area (Å²) in [6.45, 7) is 0. The highest BCUT2D eigenvalue weighted by atomic mass is 35.5. The van der Waals surface area contributed by atoms with Crippen molar-refractivity contribution < 1.29 is 9.13 Å². The molecule has 0 saturated carbocycles. The average Bonchev–Trinajstić information content (AvgIpc) is 3.30. The van der Waals surface area contributed by atoms with E-state index < -0.39 is 5.95 Å². The molecule has 5 rings (SSSR count). The molecule has 0 fully saturated rings. The highest BCUT2D eigenvalue weighted by Crippen LogP contribution is 2.33. The van der Waals surface area contributed by atoms with E-state index in [0.29, 0.717) is 34.2 Å². The summed E-state index contributed by atoms with van der Waals surface area (Å²) in [7, 11) is 1.61. The first-order valence-corrected chi connectivity index (χ1v) is 9.30. The highest BCUT2D eigenvalue weighted by molar-refractivity contribution is 6.33. The lowest BCUT2D eigenvalue weighted by Crippen LogP contribution is -1.91. The number of halogens is 2. The molecular weight excluding hydrogens is 393 g/mol. The van der Waals surface area contributed by atoms with Crippen LogP contribution in [0.4, 0.5) is 4.39 Å². The van der Waals surface area contributed by atoms with Crippen LogP contribution in [0.3, 0.4) is 0 Å². The molecule has 5 aromatic rings. The largest absolute Gasteiger partial charge is 0.497 e. The number of methoxy groups -OCH3 is 1. The third kappa shape index (κ3) is 3.19. The van der Waals surface area contributed by atoms with Gasteiger partial charge in [-0.05, 0) is 42.5 Å². The van der Waals surface area contributed by atoms with Gasteiger partial charge < -0.3 is 14.1 Å². The van der Waals surface area contributed by atoms with Gasteiger partial charge in [0.05, 0.1) is 23.3 Å². The van der Waals surface area contributed by atoms with Gasteiger partial charge in [0.25, 0.3) is 0 Å². The average molecular weight is 408 g/mol. The minimum atomic E-state index is -0.552. The molecule has 0 aliphatic carbocycles. The molecule has 144 valence electrons. The number of ether oxygens (including phenoxy) is 1. The van der Waals surface area contributed by atoms with Crippen LogP contribution in [0.15, 0.2) is 54.9 Å². The van der Waals surface area contributed by atoms with E-state index in [-0.39, 0.29) is 0 Å². The molecule has 0 bridgehead atoms. The SMILES string of the molecule is COc1ccc(-c2cccn3cc(Cc4nc5nc(F)ccc5[nH]4)nc23)c(Cl)c1. The second-order valence-electron chi connectivity index (χ2n) is 6.60. The Morgan fingerprint density at radius 1 is 1.10 bits per heavy atom. The third-order valence-electron chi connectivity index (χ3n) is 4.71. The summed E-state index contributed by atoms with van der Waals surface area (Å²) in [4.78, 5) is 16.1. The van der Waals surface area contributed by atoms with E-state index in [1.807, 2.05) is 41.1 Å². The third-order valence-corrected chi connectivity index (χ3v) is 5.02. The van der Waals surface area contributed by atoms with Crippen molar-refractivity contribution in [2.24, 2.45) is 0 Å². The van der Waals surface area contributed by atoms with Crippen LogP contribution in [0.2, 0.25) is 5.02 Å². The molecule has 6 nitrogen and oxygen atoms in total. The number of hydrogen-bond acceptors (Lipinski definition) is 4. The van der Waals surface area contributed by atoms with Crippen molar-refractivity contribution in [3.8, 4) is 16.9 Å². The van der Waals surface area contributed by atoms with E-state index in [0.717, 1.165) is 22.5 Å². The maximum Gasteiger partial charge on any atom is 0.215 e. The van der Waals surface area contributed by atoms with Gasteiger partial charge in [0.15, 0.2) is 5.65 Å². The molecule has 4 aromatic heterocycles. The molecule has 0 radical (unpaired) electrons. The zero-order chi connectivity index (χ0) is 20.0. The standard InChI is InChI=1S/C21H15ClFN5O/c1-29-13-4-5-14(16(22)10-13)15-3-2-8-28-11-12(24-21(15)28)9-19-25-17-6-7-18(23)26-20(17)27-19/h2-8,10-11H,9H2,1H3,(H,25,26,27). The second-order valence-corrected chi connectivity index (χ2v) is 7.00. The quantitative estimate of drug-likeness (QED) is 0.440. The number of benzene rings is 1. The van der Waals surface area contributed by atoms with Crippen molar-refractivity contribution in [1.82, 2.24) is 24.3 Å². The van der Waals surface area contributed by atoms with E-state index in [1.54, 1.807) is 19.2 Å². The Hall–Kier alpha value is -3.45. The fourth-order valence-corrected chi connectivity index (χ4v) is 3.65. The molecule has 1 aromatic carbocycles. The predicted molar refractivity (Wildman–Crippen MR) is 109 cm³/mol. The van der Waals surface area contributed by atoms with Gasteiger partial charge >= 0.3 is 0 Å². The van der Waals surface area contributed by atoms with Crippen molar-refractivity contribution in [2.75, 3.05) is 7.11 Å². The molecule has 29 heavy (non-hydrogen) atoms. The summed E-state index contributed by atoms with van der Waals surface area (Å²) in [6.07, 6.45) is 4.34. The molecule has 8 heteroatoms. The van der Waals surface area contributed by atoms with Gasteiger partial charge in [-0.1, -0.05) is 11.6 Å². The van der Waals surface area contributed by atoms with E-state index >= 15 is 0 Å². The van der Waals surface area contributed by atoms with Crippen LogP contribution in [0, 0.1) is 5.95 Å². The number of nitrogens with zero attached hydrogens (tertiary/aromatic N) is 4. The first kappa shape index (κ1) is 17.6. The number of aromatic amines is 1. The Kier molecular flexibility index (Phi) is 4.17. The van der Waals surface area contributed by atoms with Crippen molar-refractivity contribution in [3.05, 3.63) is 77.3 Å². The summed E-state index contributed by atoms with van der Waals surface area (Å²) in [5.74, 6) is 0.819. The summed E-state index contributed by atoms with van der Waals surface area (Å²) >= 11 is 6.47. The zero-order valence-corrected chi connectivity index (χ0v) is 16.1. The lowest BCUT2D eigenvalue weighted by Gasteiger charge is -2.08. The van der Waals surface area contributed by atoms with Crippen molar-refractivity contribution >= 4 is 28.4 Å². The number of pyridine rings is 2. The Morgan fingerprint density at radius 3 is 2.83 bits per heavy atom. The number of rotatable bonds is 4. The molecule has 0 saturated heterocycles. The summed E-state index contributed by atoms with van der Waals surface area (Å²) in [6, 6.07) is 12.4. The predicted octanol–water partition coefficient (Wildman–Crippen LogP) is 4.66. The van der Waals surface area contributed by atoms with E-state index in [1.165, 1.54) is 6.07 Å². The number of aromatic nitrogens is 5. The lowest BCUT2D eigenvalue weighted by molar-refractivity contribution is 0.415. The normalized spacial score (nSPS) is 11.4. The van der Waals surface area contributed by atoms with Crippen LogP contribution < -0.4 is 4.74 Å². The van der Waals surface area contributed by atoms with Gasteiger partial charge in [0, 0.05) is 29.9 Å². The Balaban J connectivity index is 1.54. The van der Waals surface area contributed by atoms with Crippen LogP contribution in [0.5, 0.6) is 5.75 Å². The Morgan fingerprint density at radius 2 is 2.00 bits per heavy atom. The monoisotopic (exact) mass is 407 g/mol. The second kappa shape index (κ2) is 6.86. The molecule has 4 heterocycles. The van der Waals surface area contributed by atoms with Gasteiger partial charge in [0.2, 0.25) is 5.95 Å². The molecular formula is C21H15ClFN5O. The van der Waals surface area contributed by atoms with E-state index in [9.17, 15) is 4.39 Å². The first-order valence-electron chi connectivity index (χ1n) is 8.92. The van der Waals surface area contributed by atoms with Crippen LogP contribution in [-0.4, -0.2) is 31.4 Å². The summed E-state index contributed by atoms with van der Waals surface area (Å²) < 4.78 is 20.5. The van der Waals surface area contributed by atoms with Gasteiger partial charge in [-0.3, -0.25) is 0 Å². The topological polar surface area (TPSA) is 68.1 Å². The Labute approximate surface area is 170 Å². The number of nitrogens with one attached hydrogen (secondary N) is 1. The maximum atomic E-state index is 13.3. The van der Waals surface area contributed by atoms with Crippen LogP contribution in [0.1, 0.15) is 11.5 Å². The van der Waals surface area contributed by atoms with Gasteiger partial charge in [-0.25, -0.2) is 9.97 Å². The zero-order valence-electron chi connectivity index (χ0n) is 15.4. The van der Waals surface area contributed by atoms with Crippen molar-refractivity contribution in [2.45, 2.75) is 6.42 Å². The van der Waals surface area contributed by atoms with Gasteiger partial charge in [-0.2, -0.15) is 9.37 Å².